The third-order valence-electron chi connectivity index (χ3n) is 6.67. The van der Waals surface area contributed by atoms with Gasteiger partial charge in [-0.2, -0.15) is 0 Å². The molecule has 8 heteroatoms. The van der Waals surface area contributed by atoms with Crippen LogP contribution in [0.3, 0.4) is 0 Å². The molecule has 4 rings (SSSR count). The molecule has 4 fully saturated rings. The molecule has 25 heavy (non-hydrogen) atoms. The second kappa shape index (κ2) is 6.53. The summed E-state index contributed by atoms with van der Waals surface area (Å²) in [6.45, 7) is 5.47. The Morgan fingerprint density at radius 3 is 1.76 bits per heavy atom. The summed E-state index contributed by atoms with van der Waals surface area (Å²) in [5.41, 5.74) is -0.867. The van der Waals surface area contributed by atoms with Gasteiger partial charge < -0.3 is 25.5 Å². The van der Waals surface area contributed by atoms with E-state index in [9.17, 15) is 25.2 Å². The Hall–Kier alpha value is -0.610. The first kappa shape index (κ1) is 19.2. The predicted octanol–water partition coefficient (Wildman–Crippen LogP) is -2.24. The van der Waals surface area contributed by atoms with Gasteiger partial charge in [0.15, 0.2) is 0 Å². The fourth-order valence-electron chi connectivity index (χ4n) is 5.14. The summed E-state index contributed by atoms with van der Waals surface area (Å²) in [6, 6.07) is 0. The summed E-state index contributed by atoms with van der Waals surface area (Å²) in [5, 5.41) is 49.4. The molecule has 0 aromatic rings. The van der Waals surface area contributed by atoms with Gasteiger partial charge in [0.1, 0.15) is 30.2 Å². The van der Waals surface area contributed by atoms with Crippen LogP contribution in [-0.2, 0) is 4.79 Å². The van der Waals surface area contributed by atoms with Gasteiger partial charge in [-0.05, 0) is 12.8 Å². The van der Waals surface area contributed by atoms with Crippen LogP contribution >= 0.6 is 0 Å². The van der Waals surface area contributed by atoms with Crippen molar-refractivity contribution in [2.75, 3.05) is 32.8 Å². The van der Waals surface area contributed by atoms with Crippen molar-refractivity contribution in [1.29, 1.82) is 0 Å². The molecule has 5 N–H and O–H groups in total. The summed E-state index contributed by atoms with van der Waals surface area (Å²) in [5.74, 6) is 0.321. The Kier molecular flexibility index (Phi) is 5.00. The molecule has 8 nitrogen and oxygen atoms in total. The highest BCUT2D eigenvalue weighted by molar-refractivity contribution is 5.93. The topological polar surface area (TPSA) is 125 Å². The zero-order valence-corrected chi connectivity index (χ0v) is 14.9. The second-order valence-electron chi connectivity index (χ2n) is 8.04. The smallest absolute Gasteiger partial charge is 0.150 e. The zero-order valence-electron chi connectivity index (χ0n) is 14.9. The number of hydrogen-bond acceptors (Lipinski definition) is 8. The number of piperidine rings is 2. The molecule has 4 aliphatic heterocycles. The molecule has 144 valence electrons. The highest BCUT2D eigenvalue weighted by Crippen LogP contribution is 2.51. The summed E-state index contributed by atoms with van der Waals surface area (Å²) >= 11 is 0. The van der Waals surface area contributed by atoms with Crippen molar-refractivity contribution >= 4 is 5.78 Å². The van der Waals surface area contributed by atoms with Gasteiger partial charge in [-0.25, -0.2) is 0 Å². The molecule has 4 bridgehead atoms. The number of hydrogen-bond donors (Lipinski definition) is 5. The van der Waals surface area contributed by atoms with E-state index < -0.39 is 48.0 Å². The van der Waals surface area contributed by atoms with E-state index in [2.05, 4.69) is 0 Å². The van der Waals surface area contributed by atoms with Gasteiger partial charge in [0.2, 0.25) is 0 Å². The van der Waals surface area contributed by atoms with E-state index >= 15 is 0 Å². The number of ketones is 1. The van der Waals surface area contributed by atoms with Crippen molar-refractivity contribution in [3.05, 3.63) is 0 Å². The summed E-state index contributed by atoms with van der Waals surface area (Å²) in [7, 11) is 0. The van der Waals surface area contributed by atoms with Crippen molar-refractivity contribution in [1.82, 2.24) is 9.80 Å². The van der Waals surface area contributed by atoms with Gasteiger partial charge in [-0.1, -0.05) is 13.8 Å². The molecule has 4 heterocycles. The van der Waals surface area contributed by atoms with E-state index in [1.165, 1.54) is 0 Å². The largest absolute Gasteiger partial charge is 0.394 e. The Balaban J connectivity index is 1.84. The van der Waals surface area contributed by atoms with E-state index in [-0.39, 0.29) is 0 Å². The average Bonchev–Trinajstić information content (AvgIpc) is 2.62. The van der Waals surface area contributed by atoms with Crippen molar-refractivity contribution < 1.29 is 30.3 Å². The third-order valence-corrected chi connectivity index (χ3v) is 6.67. The van der Waals surface area contributed by atoms with Crippen LogP contribution in [0.1, 0.15) is 26.7 Å². The first-order valence-electron chi connectivity index (χ1n) is 9.11. The number of aliphatic hydroxyl groups excluding tert-OH is 5. The monoisotopic (exact) mass is 358 g/mol. The van der Waals surface area contributed by atoms with Crippen LogP contribution in [0, 0.1) is 10.8 Å². The lowest BCUT2D eigenvalue weighted by Crippen LogP contribution is -2.81. The Bertz CT molecular complexity index is 487. The molecular formula is C17H30N2O6. The maximum atomic E-state index is 13.1. The molecule has 4 aliphatic rings. The maximum absolute atomic E-state index is 13.1. The van der Waals surface area contributed by atoms with Crippen LogP contribution in [0.15, 0.2) is 0 Å². The lowest BCUT2D eigenvalue weighted by molar-refractivity contribution is -0.234. The van der Waals surface area contributed by atoms with E-state index in [1.807, 2.05) is 23.6 Å². The highest BCUT2D eigenvalue weighted by Gasteiger charge is 2.65. The second-order valence-corrected chi connectivity index (χ2v) is 8.04. The van der Waals surface area contributed by atoms with Crippen molar-refractivity contribution in [3.8, 4) is 0 Å². The summed E-state index contributed by atoms with van der Waals surface area (Å²) in [6.07, 6.45) is -5.10. The number of carbonyl (C=O) groups excluding carboxylic acids is 1. The molecule has 0 saturated carbocycles. The Morgan fingerprint density at radius 1 is 0.960 bits per heavy atom. The molecule has 0 radical (unpaired) electrons. The molecule has 0 amide bonds. The van der Waals surface area contributed by atoms with Gasteiger partial charge in [0.25, 0.3) is 0 Å². The normalized spacial score (nSPS) is 44.6. The Labute approximate surface area is 147 Å². The van der Waals surface area contributed by atoms with Crippen LogP contribution in [0.25, 0.3) is 0 Å². The van der Waals surface area contributed by atoms with Gasteiger partial charge in [-0.15, -0.1) is 0 Å². The summed E-state index contributed by atoms with van der Waals surface area (Å²) in [4.78, 5) is 17.1. The molecule has 4 saturated heterocycles. The fraction of sp³-hybridized carbons (Fsp3) is 0.941. The quantitative estimate of drug-likeness (QED) is 0.346. The maximum Gasteiger partial charge on any atom is 0.150 e. The number of carbonyl (C=O) groups is 1. The molecule has 0 aromatic heterocycles. The number of aliphatic hydroxyl groups is 5. The molecule has 4 atom stereocenters. The van der Waals surface area contributed by atoms with Crippen LogP contribution in [0.2, 0.25) is 0 Å². The first-order chi connectivity index (χ1) is 11.7. The van der Waals surface area contributed by atoms with Crippen molar-refractivity contribution in [2.24, 2.45) is 10.8 Å². The predicted molar refractivity (Wildman–Crippen MR) is 88.5 cm³/mol. The first-order valence-corrected chi connectivity index (χ1v) is 9.11. The average molecular weight is 358 g/mol. The molecule has 0 unspecified atom stereocenters. The Morgan fingerprint density at radius 2 is 1.40 bits per heavy atom. The summed E-state index contributed by atoms with van der Waals surface area (Å²) < 4.78 is 0. The highest BCUT2D eigenvalue weighted by atomic mass is 16.4. The molecular weight excluding hydrogens is 328 g/mol. The number of rotatable bonds is 7. The van der Waals surface area contributed by atoms with E-state index in [0.29, 0.717) is 32.0 Å². The van der Waals surface area contributed by atoms with Crippen molar-refractivity contribution in [3.63, 3.8) is 0 Å². The van der Waals surface area contributed by atoms with Gasteiger partial charge >= 0.3 is 0 Å². The molecule has 0 aliphatic carbocycles. The van der Waals surface area contributed by atoms with E-state index in [1.54, 1.807) is 0 Å². The number of nitrogens with zero attached hydrogens (tertiary/aromatic N) is 2. The lowest BCUT2D eigenvalue weighted by Gasteiger charge is -2.67. The molecule has 0 spiro atoms. The van der Waals surface area contributed by atoms with E-state index in [0.717, 1.165) is 12.8 Å². The number of Topliss-reactive ketones (excluding diaryl/α,β-unsaturated/α-hetero) is 1. The van der Waals surface area contributed by atoms with Crippen LogP contribution in [-0.4, -0.2) is 104 Å². The van der Waals surface area contributed by atoms with Crippen LogP contribution in [0.5, 0.6) is 0 Å². The third kappa shape index (κ3) is 2.66. The van der Waals surface area contributed by atoms with Gasteiger partial charge in [0, 0.05) is 26.2 Å². The fourth-order valence-corrected chi connectivity index (χ4v) is 5.14. The minimum absolute atomic E-state index is 0.321. The lowest BCUT2D eigenvalue weighted by atomic mass is 9.58. The zero-order chi connectivity index (χ0) is 18.6. The van der Waals surface area contributed by atoms with Gasteiger partial charge in [0.05, 0.1) is 23.6 Å². The SMILES string of the molecule is CCC12CN3CC(CC)(CN(C1)C3[C@H](O)[C@H](O)[C@H](O)[C@H](O)CO)C2=O. The molecule has 0 aromatic carbocycles. The standard InChI is InChI=1S/C17H30N2O6/c1-3-16-6-18-8-17(4-2,15(16)25)9-19(7-16)14(18)13(24)12(23)11(22)10(21)5-20/h10-14,20-24H,3-9H2,1-2H3/t10-,11-,12-,13-,14?,16?,17?/m1/s1. The van der Waals surface area contributed by atoms with Crippen LogP contribution in [0.4, 0.5) is 0 Å². The van der Waals surface area contributed by atoms with Crippen molar-refractivity contribution in [2.45, 2.75) is 57.3 Å². The van der Waals surface area contributed by atoms with Gasteiger partial charge in [-0.3, -0.25) is 14.6 Å². The van der Waals surface area contributed by atoms with Crippen LogP contribution < -0.4 is 0 Å². The minimum atomic E-state index is -1.64. The van der Waals surface area contributed by atoms with E-state index in [4.69, 9.17) is 5.11 Å². The minimum Gasteiger partial charge on any atom is -0.394 e.